The van der Waals surface area contributed by atoms with E-state index in [-0.39, 0.29) is 0 Å². The third-order valence-corrected chi connectivity index (χ3v) is 4.54. The Morgan fingerprint density at radius 2 is 2.20 bits per heavy atom. The smallest absolute Gasteiger partial charge is 0.121 e. The Bertz CT molecular complexity index is 644. The standard InChI is InChI=1S/C16H21N3O/c1-11-17-15-7-14(5-6-16(15)18(11)2)20-10-13-9-19(13)8-12-3-4-12/h5-7,12-13H,3-4,8-10H2,1-2H3. The topological polar surface area (TPSA) is 30.1 Å². The Balaban J connectivity index is 1.39. The van der Waals surface area contributed by atoms with Crippen molar-refractivity contribution in [2.24, 2.45) is 13.0 Å². The van der Waals surface area contributed by atoms with Gasteiger partial charge in [-0.05, 0) is 37.8 Å². The number of imidazole rings is 1. The number of ether oxygens (including phenoxy) is 1. The summed E-state index contributed by atoms with van der Waals surface area (Å²) in [6, 6.07) is 6.84. The van der Waals surface area contributed by atoms with Gasteiger partial charge in [-0.25, -0.2) is 4.98 Å². The average molecular weight is 271 g/mol. The highest BCUT2D eigenvalue weighted by atomic mass is 16.5. The number of hydrogen-bond donors (Lipinski definition) is 0. The van der Waals surface area contributed by atoms with Crippen molar-refractivity contribution >= 4 is 11.0 Å². The van der Waals surface area contributed by atoms with Crippen LogP contribution in [-0.4, -0.2) is 40.2 Å². The number of aryl methyl sites for hydroxylation is 2. The van der Waals surface area contributed by atoms with E-state index in [1.807, 2.05) is 14.0 Å². The van der Waals surface area contributed by atoms with Gasteiger partial charge in [-0.3, -0.25) is 4.90 Å². The SMILES string of the molecule is Cc1nc2cc(OCC3CN3CC3CC3)ccc2n1C. The Morgan fingerprint density at radius 3 is 3.00 bits per heavy atom. The largest absolute Gasteiger partial charge is 0.492 e. The van der Waals surface area contributed by atoms with Gasteiger partial charge in [0.1, 0.15) is 18.2 Å². The van der Waals surface area contributed by atoms with E-state index in [0.29, 0.717) is 6.04 Å². The fourth-order valence-electron chi connectivity index (χ4n) is 2.82. The van der Waals surface area contributed by atoms with Gasteiger partial charge >= 0.3 is 0 Å². The van der Waals surface area contributed by atoms with E-state index < -0.39 is 0 Å². The molecule has 4 nitrogen and oxygen atoms in total. The van der Waals surface area contributed by atoms with Crippen LogP contribution in [0.3, 0.4) is 0 Å². The van der Waals surface area contributed by atoms with Gasteiger partial charge in [0.25, 0.3) is 0 Å². The Kier molecular flexibility index (Phi) is 2.74. The maximum atomic E-state index is 5.93. The summed E-state index contributed by atoms with van der Waals surface area (Å²) in [6.45, 7) is 5.33. The first kappa shape index (κ1) is 12.2. The second-order valence-electron chi connectivity index (χ2n) is 6.23. The highest BCUT2D eigenvalue weighted by molar-refractivity contribution is 5.77. The Hall–Kier alpha value is -1.55. The molecule has 1 aliphatic heterocycles. The zero-order chi connectivity index (χ0) is 13.7. The van der Waals surface area contributed by atoms with Crippen LogP contribution in [0.2, 0.25) is 0 Å². The molecule has 1 aromatic heterocycles. The first-order valence-electron chi connectivity index (χ1n) is 7.50. The maximum Gasteiger partial charge on any atom is 0.121 e. The van der Waals surface area contributed by atoms with E-state index in [2.05, 4.69) is 32.7 Å². The molecule has 4 rings (SSSR count). The number of aromatic nitrogens is 2. The molecular weight excluding hydrogens is 250 g/mol. The van der Waals surface area contributed by atoms with Crippen LogP contribution in [0.15, 0.2) is 18.2 Å². The zero-order valence-electron chi connectivity index (χ0n) is 12.2. The molecule has 2 fully saturated rings. The lowest BCUT2D eigenvalue weighted by Gasteiger charge is -2.06. The van der Waals surface area contributed by atoms with Crippen LogP contribution in [0.4, 0.5) is 0 Å². The van der Waals surface area contributed by atoms with Crippen molar-refractivity contribution in [3.63, 3.8) is 0 Å². The predicted molar refractivity (Wildman–Crippen MR) is 79.0 cm³/mol. The summed E-state index contributed by atoms with van der Waals surface area (Å²) < 4.78 is 8.04. The molecule has 2 aromatic rings. The lowest BCUT2D eigenvalue weighted by atomic mass is 10.3. The van der Waals surface area contributed by atoms with Crippen LogP contribution in [0.1, 0.15) is 18.7 Å². The summed E-state index contributed by atoms with van der Waals surface area (Å²) in [5.41, 5.74) is 2.18. The molecule has 20 heavy (non-hydrogen) atoms. The van der Waals surface area contributed by atoms with Gasteiger partial charge in [0.15, 0.2) is 0 Å². The molecule has 2 aliphatic rings. The van der Waals surface area contributed by atoms with Gasteiger partial charge < -0.3 is 9.30 Å². The minimum atomic E-state index is 0.636. The van der Waals surface area contributed by atoms with Crippen LogP contribution >= 0.6 is 0 Å². The molecule has 1 saturated carbocycles. The molecule has 0 spiro atoms. The molecule has 0 N–H and O–H groups in total. The summed E-state index contributed by atoms with van der Waals surface area (Å²) >= 11 is 0. The van der Waals surface area contributed by atoms with Crippen LogP contribution in [0.5, 0.6) is 5.75 Å². The number of rotatable bonds is 5. The van der Waals surface area contributed by atoms with Crippen molar-refractivity contribution in [1.29, 1.82) is 0 Å². The van der Waals surface area contributed by atoms with E-state index in [1.165, 1.54) is 25.9 Å². The molecule has 1 aliphatic carbocycles. The third kappa shape index (κ3) is 2.29. The molecule has 0 amide bonds. The number of fused-ring (bicyclic) bond motifs is 1. The molecule has 1 aromatic carbocycles. The minimum Gasteiger partial charge on any atom is -0.492 e. The van der Waals surface area contributed by atoms with E-state index in [9.17, 15) is 0 Å². The molecule has 2 unspecified atom stereocenters. The van der Waals surface area contributed by atoms with E-state index in [0.717, 1.165) is 35.1 Å². The van der Waals surface area contributed by atoms with E-state index in [1.54, 1.807) is 0 Å². The summed E-state index contributed by atoms with van der Waals surface area (Å²) in [4.78, 5) is 7.08. The molecule has 0 bridgehead atoms. The normalized spacial score (nSPS) is 25.1. The monoisotopic (exact) mass is 271 g/mol. The number of nitrogens with zero attached hydrogens (tertiary/aromatic N) is 3. The molecule has 1 saturated heterocycles. The van der Waals surface area contributed by atoms with Crippen molar-refractivity contribution in [2.45, 2.75) is 25.8 Å². The first-order valence-corrected chi connectivity index (χ1v) is 7.50. The number of hydrogen-bond acceptors (Lipinski definition) is 3. The van der Waals surface area contributed by atoms with Crippen molar-refractivity contribution in [3.8, 4) is 5.75 Å². The quantitative estimate of drug-likeness (QED) is 0.782. The highest BCUT2D eigenvalue weighted by Gasteiger charge is 2.38. The third-order valence-electron chi connectivity index (χ3n) is 4.54. The minimum absolute atomic E-state index is 0.636. The van der Waals surface area contributed by atoms with Crippen molar-refractivity contribution in [3.05, 3.63) is 24.0 Å². The lowest BCUT2D eigenvalue weighted by Crippen LogP contribution is -2.12. The summed E-state index contributed by atoms with van der Waals surface area (Å²) in [7, 11) is 2.05. The van der Waals surface area contributed by atoms with Crippen molar-refractivity contribution < 1.29 is 4.74 Å². The molecular formula is C16H21N3O. The Morgan fingerprint density at radius 1 is 1.35 bits per heavy atom. The van der Waals surface area contributed by atoms with Crippen molar-refractivity contribution in [2.75, 3.05) is 19.7 Å². The molecule has 106 valence electrons. The van der Waals surface area contributed by atoms with Gasteiger partial charge in [-0.15, -0.1) is 0 Å². The first-order chi connectivity index (χ1) is 9.70. The lowest BCUT2D eigenvalue weighted by molar-refractivity contribution is 0.292. The van der Waals surface area contributed by atoms with Crippen LogP contribution in [0.25, 0.3) is 11.0 Å². The molecule has 4 heteroatoms. The fraction of sp³-hybridized carbons (Fsp3) is 0.562. The van der Waals surface area contributed by atoms with Crippen LogP contribution < -0.4 is 4.74 Å². The van der Waals surface area contributed by atoms with Crippen LogP contribution in [0, 0.1) is 12.8 Å². The number of benzene rings is 1. The van der Waals surface area contributed by atoms with Crippen LogP contribution in [-0.2, 0) is 7.05 Å². The fourth-order valence-corrected chi connectivity index (χ4v) is 2.82. The molecule has 2 heterocycles. The van der Waals surface area contributed by atoms with Crippen molar-refractivity contribution in [1.82, 2.24) is 14.5 Å². The van der Waals surface area contributed by atoms with E-state index >= 15 is 0 Å². The summed E-state index contributed by atoms with van der Waals surface area (Å²) in [6.07, 6.45) is 2.86. The van der Waals surface area contributed by atoms with E-state index in [4.69, 9.17) is 4.74 Å². The second kappa shape index (κ2) is 4.48. The highest BCUT2D eigenvalue weighted by Crippen LogP contribution is 2.33. The average Bonchev–Trinajstić information content (AvgIpc) is 3.34. The molecule has 0 radical (unpaired) electrons. The zero-order valence-corrected chi connectivity index (χ0v) is 12.2. The maximum absolute atomic E-state index is 5.93. The van der Waals surface area contributed by atoms with Gasteiger partial charge in [0.05, 0.1) is 17.1 Å². The van der Waals surface area contributed by atoms with Gasteiger partial charge in [0, 0.05) is 26.2 Å². The van der Waals surface area contributed by atoms with Gasteiger partial charge in [-0.2, -0.15) is 0 Å². The summed E-state index contributed by atoms with van der Waals surface area (Å²) in [5.74, 6) is 2.96. The van der Waals surface area contributed by atoms with Gasteiger partial charge in [0.2, 0.25) is 0 Å². The van der Waals surface area contributed by atoms with Gasteiger partial charge in [-0.1, -0.05) is 0 Å². The second-order valence-corrected chi connectivity index (χ2v) is 6.23. The summed E-state index contributed by atoms with van der Waals surface area (Å²) in [5, 5.41) is 0. The molecule has 2 atom stereocenters. The predicted octanol–water partition coefficient (Wildman–Crippen LogP) is 2.35. The Labute approximate surface area is 119 Å².